The fraction of sp³-hybridized carbons (Fsp3) is 0.421. The van der Waals surface area contributed by atoms with E-state index in [4.69, 9.17) is 4.99 Å². The lowest BCUT2D eigenvalue weighted by Crippen LogP contribution is -2.19. The second-order valence-corrected chi connectivity index (χ2v) is 6.01. The minimum atomic E-state index is -0.546. The van der Waals surface area contributed by atoms with Gasteiger partial charge >= 0.3 is 0 Å². The van der Waals surface area contributed by atoms with Gasteiger partial charge in [0.1, 0.15) is 11.6 Å². The van der Waals surface area contributed by atoms with Gasteiger partial charge in [-0.2, -0.15) is 0 Å². The van der Waals surface area contributed by atoms with Crippen LogP contribution >= 0.6 is 0 Å². The Morgan fingerprint density at radius 3 is 2.45 bits per heavy atom. The summed E-state index contributed by atoms with van der Waals surface area (Å²) in [6, 6.07) is 2.29. The first-order valence-corrected chi connectivity index (χ1v) is 7.61. The zero-order valence-corrected chi connectivity index (χ0v) is 14.1. The van der Waals surface area contributed by atoms with Crippen LogP contribution in [-0.4, -0.2) is 11.3 Å². The van der Waals surface area contributed by atoms with Gasteiger partial charge in [0.15, 0.2) is 0 Å². The molecule has 0 N–H and O–H groups in total. The van der Waals surface area contributed by atoms with Crippen LogP contribution in [0.4, 0.5) is 8.78 Å². The highest BCUT2D eigenvalue weighted by molar-refractivity contribution is 5.97. The van der Waals surface area contributed by atoms with E-state index in [0.29, 0.717) is 17.5 Å². The second-order valence-electron chi connectivity index (χ2n) is 6.01. The Morgan fingerprint density at radius 2 is 1.91 bits per heavy atom. The van der Waals surface area contributed by atoms with Crippen LogP contribution in [0.3, 0.4) is 0 Å². The lowest BCUT2D eigenvalue weighted by molar-refractivity contribution is 0.504. The van der Waals surface area contributed by atoms with Crippen molar-refractivity contribution in [3.8, 4) is 0 Å². The highest BCUT2D eigenvalue weighted by Crippen LogP contribution is 2.19. The lowest BCUT2D eigenvalue weighted by atomic mass is 9.99. The Bertz CT molecular complexity index is 572. The smallest absolute Gasteiger partial charge is 0.129 e. The molecule has 1 rings (SSSR count). The maximum absolute atomic E-state index is 14.0. The van der Waals surface area contributed by atoms with Crippen molar-refractivity contribution in [1.29, 1.82) is 0 Å². The van der Waals surface area contributed by atoms with Gasteiger partial charge in [0.2, 0.25) is 0 Å². The maximum atomic E-state index is 14.0. The molecule has 0 saturated heterocycles. The predicted molar refractivity (Wildman–Crippen MR) is 90.6 cm³/mol. The Morgan fingerprint density at radius 1 is 1.23 bits per heavy atom. The van der Waals surface area contributed by atoms with Crippen molar-refractivity contribution >= 4 is 5.71 Å². The molecule has 0 spiro atoms. The molecule has 1 aromatic rings. The van der Waals surface area contributed by atoms with Gasteiger partial charge in [-0.25, -0.2) is 8.78 Å². The summed E-state index contributed by atoms with van der Waals surface area (Å²) in [5.74, 6) is -1.06. The summed E-state index contributed by atoms with van der Waals surface area (Å²) in [5, 5.41) is 0. The number of aryl methyl sites for hydroxylation is 1. The lowest BCUT2D eigenvalue weighted by Gasteiger charge is -2.19. The van der Waals surface area contributed by atoms with Crippen LogP contribution in [0.25, 0.3) is 0 Å². The maximum Gasteiger partial charge on any atom is 0.129 e. The molecular weight excluding hydrogens is 280 g/mol. The number of hydrogen-bond donors (Lipinski definition) is 0. The molecule has 120 valence electrons. The summed E-state index contributed by atoms with van der Waals surface area (Å²) >= 11 is 0. The van der Waals surface area contributed by atoms with Crippen LogP contribution in [0.1, 0.15) is 45.2 Å². The summed E-state index contributed by atoms with van der Waals surface area (Å²) in [6.07, 6.45) is 8.85. The Kier molecular flexibility index (Phi) is 6.66. The molecule has 0 bridgehead atoms. The van der Waals surface area contributed by atoms with Crippen molar-refractivity contribution < 1.29 is 8.78 Å². The van der Waals surface area contributed by atoms with Crippen molar-refractivity contribution in [1.82, 2.24) is 0 Å². The van der Waals surface area contributed by atoms with Crippen molar-refractivity contribution in [3.63, 3.8) is 0 Å². The van der Waals surface area contributed by atoms with Crippen molar-refractivity contribution in [2.75, 3.05) is 0 Å². The van der Waals surface area contributed by atoms with Crippen LogP contribution in [0.15, 0.2) is 41.4 Å². The van der Waals surface area contributed by atoms with Crippen LogP contribution in [0, 0.1) is 18.6 Å². The van der Waals surface area contributed by atoms with Crippen LogP contribution in [0.2, 0.25) is 0 Å². The number of aliphatic imine (C=N–C) groups is 1. The molecule has 0 heterocycles. The molecular formula is C19H25F2N. The number of nitrogens with zero attached hydrogens (tertiary/aromatic N) is 1. The summed E-state index contributed by atoms with van der Waals surface area (Å²) in [7, 11) is 0. The number of hydrogen-bond acceptors (Lipinski definition) is 1. The van der Waals surface area contributed by atoms with Gasteiger partial charge in [-0.3, -0.25) is 4.99 Å². The van der Waals surface area contributed by atoms with Gasteiger partial charge in [-0.15, -0.1) is 0 Å². The van der Waals surface area contributed by atoms with Gasteiger partial charge in [-0.05, 0) is 57.4 Å². The third kappa shape index (κ3) is 5.55. The van der Waals surface area contributed by atoms with Crippen molar-refractivity contribution in [2.24, 2.45) is 4.99 Å². The molecule has 0 aliphatic rings. The molecule has 1 aromatic carbocycles. The van der Waals surface area contributed by atoms with Crippen molar-refractivity contribution in [3.05, 3.63) is 59.2 Å². The highest BCUT2D eigenvalue weighted by Gasteiger charge is 2.16. The number of allylic oxidation sites excluding steroid dienone is 4. The van der Waals surface area contributed by atoms with E-state index in [0.717, 1.165) is 18.2 Å². The van der Waals surface area contributed by atoms with E-state index in [1.165, 1.54) is 6.07 Å². The van der Waals surface area contributed by atoms with Gasteiger partial charge in [0, 0.05) is 18.2 Å². The van der Waals surface area contributed by atoms with E-state index >= 15 is 0 Å². The second kappa shape index (κ2) is 8.02. The molecule has 0 aliphatic carbocycles. The van der Waals surface area contributed by atoms with Gasteiger partial charge in [0.05, 0.1) is 5.54 Å². The van der Waals surface area contributed by atoms with E-state index in [1.807, 2.05) is 45.1 Å². The summed E-state index contributed by atoms with van der Waals surface area (Å²) in [5.41, 5.74) is 1.69. The molecule has 0 fully saturated rings. The zero-order valence-electron chi connectivity index (χ0n) is 14.1. The van der Waals surface area contributed by atoms with E-state index in [1.54, 1.807) is 6.92 Å². The van der Waals surface area contributed by atoms with E-state index in [9.17, 15) is 8.78 Å². The van der Waals surface area contributed by atoms with E-state index in [-0.39, 0.29) is 5.54 Å². The SMILES string of the molecule is C\C=C/C=C\C(Cc1c(C)cc(F)cc1F)=N\C(C)(C)CC. The first-order chi connectivity index (χ1) is 10.3. The fourth-order valence-electron chi connectivity index (χ4n) is 2.02. The van der Waals surface area contributed by atoms with Gasteiger partial charge in [0.25, 0.3) is 0 Å². The first kappa shape index (κ1) is 18.3. The molecule has 3 heteroatoms. The van der Waals surface area contributed by atoms with Crippen LogP contribution < -0.4 is 0 Å². The monoisotopic (exact) mass is 305 g/mol. The summed E-state index contributed by atoms with van der Waals surface area (Å²) < 4.78 is 27.3. The molecule has 22 heavy (non-hydrogen) atoms. The average molecular weight is 305 g/mol. The van der Waals surface area contributed by atoms with Crippen molar-refractivity contribution in [2.45, 2.75) is 53.0 Å². The fourth-order valence-corrected chi connectivity index (χ4v) is 2.02. The molecule has 0 aromatic heterocycles. The van der Waals surface area contributed by atoms with Gasteiger partial charge in [-0.1, -0.05) is 25.2 Å². The molecule has 0 amide bonds. The topological polar surface area (TPSA) is 12.4 Å². The highest BCUT2D eigenvalue weighted by atomic mass is 19.1. The summed E-state index contributed by atoms with van der Waals surface area (Å²) in [6.45, 7) is 9.82. The third-order valence-electron chi connectivity index (χ3n) is 3.64. The minimum Gasteiger partial charge on any atom is -0.283 e. The normalized spacial score (nSPS) is 13.5. The minimum absolute atomic E-state index is 0.208. The Balaban J connectivity index is 3.19. The van der Waals surface area contributed by atoms with Crippen LogP contribution in [0.5, 0.6) is 0 Å². The largest absolute Gasteiger partial charge is 0.283 e. The molecule has 0 atom stereocenters. The molecule has 0 unspecified atom stereocenters. The molecule has 1 nitrogen and oxygen atoms in total. The molecule has 0 radical (unpaired) electrons. The Hall–Kier alpha value is -1.77. The number of halogens is 2. The summed E-state index contributed by atoms with van der Waals surface area (Å²) in [4.78, 5) is 4.73. The van der Waals surface area contributed by atoms with Gasteiger partial charge < -0.3 is 0 Å². The van der Waals surface area contributed by atoms with E-state index in [2.05, 4.69) is 6.92 Å². The molecule has 0 aliphatic heterocycles. The van der Waals surface area contributed by atoms with Crippen LogP contribution in [-0.2, 0) is 6.42 Å². The Labute approximate surface area is 132 Å². The predicted octanol–water partition coefficient (Wildman–Crippen LogP) is 5.58. The number of benzene rings is 1. The zero-order chi connectivity index (χ0) is 16.8. The molecule has 0 saturated carbocycles. The number of rotatable bonds is 6. The average Bonchev–Trinajstić information content (AvgIpc) is 2.42. The quantitative estimate of drug-likeness (QED) is 0.481. The standard InChI is InChI=1S/C19H25F2N/c1-6-8-9-10-16(22-19(4,5)7-2)13-17-14(3)11-15(20)12-18(17)21/h6,8-12H,7,13H2,1-5H3/b8-6-,10-9-,22-16-. The third-order valence-corrected chi connectivity index (χ3v) is 3.64. The first-order valence-electron chi connectivity index (χ1n) is 7.61. The van der Waals surface area contributed by atoms with E-state index < -0.39 is 11.6 Å².